The van der Waals surface area contributed by atoms with E-state index in [0.29, 0.717) is 23.6 Å². The third-order valence-corrected chi connectivity index (χ3v) is 3.01. The minimum absolute atomic E-state index is 0.273. The van der Waals surface area contributed by atoms with Gasteiger partial charge in [0.05, 0.1) is 6.61 Å². The van der Waals surface area contributed by atoms with E-state index in [9.17, 15) is 4.79 Å². The van der Waals surface area contributed by atoms with Crippen LogP contribution in [0.2, 0.25) is 0 Å². The Bertz CT molecular complexity index is 657. The second-order valence-corrected chi connectivity index (χ2v) is 4.92. The molecule has 0 aliphatic carbocycles. The van der Waals surface area contributed by atoms with Crippen LogP contribution < -0.4 is 10.2 Å². The van der Waals surface area contributed by atoms with Gasteiger partial charge in [-0.25, -0.2) is 5.43 Å². The number of hydrogen-bond donors (Lipinski definition) is 1. The SMILES string of the molecule is CCCOc1ccc(C(=O)N/N=C(\C)c2ccc(C)o2)cc1. The third kappa shape index (κ3) is 4.22. The molecule has 0 fully saturated rings. The van der Waals surface area contributed by atoms with Crippen LogP contribution in [0.15, 0.2) is 45.9 Å². The summed E-state index contributed by atoms with van der Waals surface area (Å²) in [6, 6.07) is 10.6. The molecular weight excluding hydrogens is 280 g/mol. The van der Waals surface area contributed by atoms with Crippen LogP contribution in [-0.2, 0) is 0 Å². The molecule has 0 atom stereocenters. The Morgan fingerprint density at radius 2 is 1.95 bits per heavy atom. The van der Waals surface area contributed by atoms with E-state index in [-0.39, 0.29) is 5.91 Å². The maximum atomic E-state index is 12.0. The predicted octanol–water partition coefficient (Wildman–Crippen LogP) is 3.53. The van der Waals surface area contributed by atoms with Crippen molar-refractivity contribution in [2.75, 3.05) is 6.61 Å². The molecule has 1 amide bonds. The van der Waals surface area contributed by atoms with E-state index < -0.39 is 0 Å². The number of aryl methyl sites for hydroxylation is 1. The fourth-order valence-electron chi connectivity index (χ4n) is 1.81. The molecule has 1 heterocycles. The first-order valence-corrected chi connectivity index (χ1v) is 7.24. The standard InChI is InChI=1S/C17H20N2O3/c1-4-11-21-15-8-6-14(7-9-15)17(20)19-18-13(3)16-10-5-12(2)22-16/h5-10H,4,11H2,1-3H3,(H,19,20)/b18-13+. The normalized spacial score (nSPS) is 11.3. The summed E-state index contributed by atoms with van der Waals surface area (Å²) in [5, 5.41) is 4.05. The molecule has 0 spiro atoms. The van der Waals surface area contributed by atoms with Crippen LogP contribution in [-0.4, -0.2) is 18.2 Å². The Balaban J connectivity index is 1.97. The smallest absolute Gasteiger partial charge is 0.271 e. The summed E-state index contributed by atoms with van der Waals surface area (Å²) in [6.07, 6.45) is 0.947. The van der Waals surface area contributed by atoms with E-state index in [1.807, 2.05) is 26.0 Å². The number of ether oxygens (including phenoxy) is 1. The Labute approximate surface area is 130 Å². The maximum absolute atomic E-state index is 12.0. The maximum Gasteiger partial charge on any atom is 0.271 e. The van der Waals surface area contributed by atoms with Crippen molar-refractivity contribution in [1.82, 2.24) is 5.43 Å². The lowest BCUT2D eigenvalue weighted by molar-refractivity contribution is 0.0955. The van der Waals surface area contributed by atoms with Gasteiger partial charge in [0.1, 0.15) is 23.0 Å². The monoisotopic (exact) mass is 300 g/mol. The molecule has 0 bridgehead atoms. The van der Waals surface area contributed by atoms with Gasteiger partial charge in [0.15, 0.2) is 0 Å². The summed E-state index contributed by atoms with van der Waals surface area (Å²) in [6.45, 7) is 6.35. The van der Waals surface area contributed by atoms with Gasteiger partial charge >= 0.3 is 0 Å². The molecular formula is C17H20N2O3. The minimum Gasteiger partial charge on any atom is -0.494 e. The first-order valence-electron chi connectivity index (χ1n) is 7.24. The van der Waals surface area contributed by atoms with Crippen molar-refractivity contribution < 1.29 is 13.9 Å². The Morgan fingerprint density at radius 3 is 2.55 bits per heavy atom. The molecule has 0 unspecified atom stereocenters. The Morgan fingerprint density at radius 1 is 1.23 bits per heavy atom. The van der Waals surface area contributed by atoms with E-state index in [2.05, 4.69) is 10.5 Å². The van der Waals surface area contributed by atoms with E-state index in [1.54, 1.807) is 31.2 Å². The van der Waals surface area contributed by atoms with Gasteiger partial charge in [0, 0.05) is 5.56 Å². The summed E-state index contributed by atoms with van der Waals surface area (Å²) in [4.78, 5) is 12.0. The van der Waals surface area contributed by atoms with Crippen molar-refractivity contribution in [3.8, 4) is 5.75 Å². The van der Waals surface area contributed by atoms with Crippen LogP contribution in [0.1, 0.15) is 42.1 Å². The highest BCUT2D eigenvalue weighted by atomic mass is 16.5. The van der Waals surface area contributed by atoms with Crippen LogP contribution in [0.5, 0.6) is 5.75 Å². The number of furan rings is 1. The molecule has 1 aromatic carbocycles. The van der Waals surface area contributed by atoms with Crippen LogP contribution in [0.25, 0.3) is 0 Å². The summed E-state index contributed by atoms with van der Waals surface area (Å²) in [5.41, 5.74) is 3.66. The molecule has 5 nitrogen and oxygen atoms in total. The molecule has 0 aliphatic heterocycles. The summed E-state index contributed by atoms with van der Waals surface area (Å²) in [5.74, 6) is 1.92. The first kappa shape index (κ1) is 15.8. The zero-order chi connectivity index (χ0) is 15.9. The average molecular weight is 300 g/mol. The number of hydrazone groups is 1. The molecule has 1 N–H and O–H groups in total. The third-order valence-electron chi connectivity index (χ3n) is 3.01. The quantitative estimate of drug-likeness (QED) is 0.655. The van der Waals surface area contributed by atoms with Crippen LogP contribution >= 0.6 is 0 Å². The van der Waals surface area contributed by atoms with Crippen molar-refractivity contribution in [2.45, 2.75) is 27.2 Å². The number of benzene rings is 1. The summed E-state index contributed by atoms with van der Waals surface area (Å²) >= 11 is 0. The Kier molecular flexibility index (Phi) is 5.36. The molecule has 0 radical (unpaired) electrons. The highest BCUT2D eigenvalue weighted by Crippen LogP contribution is 2.12. The van der Waals surface area contributed by atoms with Crippen molar-refractivity contribution in [1.29, 1.82) is 0 Å². The van der Waals surface area contributed by atoms with Crippen LogP contribution in [0.3, 0.4) is 0 Å². The molecule has 1 aromatic heterocycles. The van der Waals surface area contributed by atoms with E-state index in [0.717, 1.165) is 17.9 Å². The number of nitrogens with one attached hydrogen (secondary N) is 1. The number of hydrogen-bond acceptors (Lipinski definition) is 4. The summed E-state index contributed by atoms with van der Waals surface area (Å²) in [7, 11) is 0. The molecule has 2 aromatic rings. The van der Waals surface area contributed by atoms with Crippen molar-refractivity contribution >= 4 is 11.6 Å². The van der Waals surface area contributed by atoms with Gasteiger partial charge in [-0.3, -0.25) is 4.79 Å². The molecule has 0 aliphatic rings. The van der Waals surface area contributed by atoms with Crippen molar-refractivity contribution in [2.24, 2.45) is 5.10 Å². The zero-order valence-electron chi connectivity index (χ0n) is 13.1. The molecule has 5 heteroatoms. The first-order chi connectivity index (χ1) is 10.6. The average Bonchev–Trinajstić information content (AvgIpc) is 2.97. The lowest BCUT2D eigenvalue weighted by Crippen LogP contribution is -2.19. The molecule has 116 valence electrons. The number of rotatable bonds is 6. The second-order valence-electron chi connectivity index (χ2n) is 4.92. The van der Waals surface area contributed by atoms with Gasteiger partial charge < -0.3 is 9.15 Å². The van der Waals surface area contributed by atoms with Gasteiger partial charge in [-0.15, -0.1) is 0 Å². The number of carbonyl (C=O) groups is 1. The highest BCUT2D eigenvalue weighted by Gasteiger charge is 2.07. The van der Waals surface area contributed by atoms with E-state index in [1.165, 1.54) is 0 Å². The van der Waals surface area contributed by atoms with Crippen LogP contribution in [0.4, 0.5) is 0 Å². The highest BCUT2D eigenvalue weighted by molar-refractivity contribution is 5.99. The largest absolute Gasteiger partial charge is 0.494 e. The number of amides is 1. The van der Waals surface area contributed by atoms with Gasteiger partial charge in [-0.2, -0.15) is 5.10 Å². The van der Waals surface area contributed by atoms with Gasteiger partial charge in [-0.05, 0) is 56.7 Å². The Hall–Kier alpha value is -2.56. The van der Waals surface area contributed by atoms with Crippen molar-refractivity contribution in [3.05, 3.63) is 53.5 Å². The fraction of sp³-hybridized carbons (Fsp3) is 0.294. The molecule has 22 heavy (non-hydrogen) atoms. The lowest BCUT2D eigenvalue weighted by Gasteiger charge is -2.05. The number of nitrogens with zero attached hydrogens (tertiary/aromatic N) is 1. The fourth-order valence-corrected chi connectivity index (χ4v) is 1.81. The topological polar surface area (TPSA) is 63.8 Å². The summed E-state index contributed by atoms with van der Waals surface area (Å²) < 4.78 is 10.9. The second kappa shape index (κ2) is 7.45. The van der Waals surface area contributed by atoms with Crippen molar-refractivity contribution in [3.63, 3.8) is 0 Å². The van der Waals surface area contributed by atoms with E-state index in [4.69, 9.17) is 9.15 Å². The van der Waals surface area contributed by atoms with Crippen LogP contribution in [0, 0.1) is 6.92 Å². The van der Waals surface area contributed by atoms with E-state index >= 15 is 0 Å². The molecule has 0 saturated carbocycles. The lowest BCUT2D eigenvalue weighted by atomic mass is 10.2. The molecule has 2 rings (SSSR count). The zero-order valence-corrected chi connectivity index (χ0v) is 13.1. The number of carbonyl (C=O) groups excluding carboxylic acids is 1. The predicted molar refractivity (Wildman–Crippen MR) is 85.4 cm³/mol. The van der Waals surface area contributed by atoms with Gasteiger partial charge in [-0.1, -0.05) is 6.92 Å². The van der Waals surface area contributed by atoms with Gasteiger partial charge in [0.2, 0.25) is 0 Å². The minimum atomic E-state index is -0.273. The molecule has 0 saturated heterocycles. The van der Waals surface area contributed by atoms with Gasteiger partial charge in [0.25, 0.3) is 5.91 Å².